The molecule has 1 saturated heterocycles. The molecule has 0 aromatic heterocycles. The fourth-order valence-corrected chi connectivity index (χ4v) is 1.26. The predicted octanol–water partition coefficient (Wildman–Crippen LogP) is -1.11. The molecule has 0 aliphatic carbocycles. The molecule has 1 fully saturated rings. The van der Waals surface area contributed by atoms with Crippen molar-refractivity contribution in [1.82, 2.24) is 4.90 Å². The van der Waals surface area contributed by atoms with Crippen LogP contribution in [-0.4, -0.2) is 36.5 Å². The highest BCUT2D eigenvalue weighted by Gasteiger charge is 2.34. The van der Waals surface area contributed by atoms with E-state index in [1.807, 2.05) is 7.05 Å². The third-order valence-corrected chi connectivity index (χ3v) is 2.37. The van der Waals surface area contributed by atoms with Gasteiger partial charge in [-0.2, -0.15) is 0 Å². The third kappa shape index (κ3) is 1.70. The van der Waals surface area contributed by atoms with Crippen molar-refractivity contribution in [3.05, 3.63) is 0 Å². The molecule has 0 radical (unpaired) electrons. The summed E-state index contributed by atoms with van der Waals surface area (Å²) in [7, 11) is 2.01. The van der Waals surface area contributed by atoms with E-state index in [1.165, 1.54) is 0 Å². The van der Waals surface area contributed by atoms with E-state index in [-0.39, 0.29) is 5.91 Å². The molecule has 1 rings (SSSR count). The molecule has 1 aliphatic rings. The molecule has 0 aromatic carbocycles. The first-order valence-electron chi connectivity index (χ1n) is 3.82. The quantitative estimate of drug-likeness (QED) is 0.507. The summed E-state index contributed by atoms with van der Waals surface area (Å²) in [6.07, 6.45) is 1.36. The Balaban J connectivity index is 2.55. The van der Waals surface area contributed by atoms with Crippen molar-refractivity contribution in [2.75, 3.05) is 20.1 Å². The molecule has 0 bridgehead atoms. The van der Waals surface area contributed by atoms with E-state index in [1.54, 1.807) is 0 Å². The second-order valence-corrected chi connectivity index (χ2v) is 3.32. The maximum atomic E-state index is 10.9. The molecule has 4 N–H and O–H groups in total. The summed E-state index contributed by atoms with van der Waals surface area (Å²) in [6, 6.07) is 0. The first-order chi connectivity index (χ1) is 5.04. The monoisotopic (exact) mass is 157 g/mol. The topological polar surface area (TPSA) is 72.3 Å². The number of rotatable bonds is 1. The lowest BCUT2D eigenvalue weighted by atomic mass is 9.88. The second-order valence-electron chi connectivity index (χ2n) is 3.32. The second kappa shape index (κ2) is 2.79. The number of primary amides is 1. The van der Waals surface area contributed by atoms with Gasteiger partial charge in [0.2, 0.25) is 5.91 Å². The van der Waals surface area contributed by atoms with E-state index in [9.17, 15) is 4.79 Å². The van der Waals surface area contributed by atoms with Crippen LogP contribution in [0.4, 0.5) is 0 Å². The molecule has 1 aliphatic heterocycles. The van der Waals surface area contributed by atoms with Crippen molar-refractivity contribution >= 4 is 5.91 Å². The molecular formula is C7H15N3O. The summed E-state index contributed by atoms with van der Waals surface area (Å²) in [5.74, 6) is -0.370. The van der Waals surface area contributed by atoms with Gasteiger partial charge in [0.25, 0.3) is 0 Å². The highest BCUT2D eigenvalue weighted by atomic mass is 16.1. The minimum atomic E-state index is -0.744. The molecule has 0 spiro atoms. The normalized spacial score (nSPS) is 24.9. The molecule has 0 unspecified atom stereocenters. The summed E-state index contributed by atoms with van der Waals surface area (Å²) in [4.78, 5) is 13.0. The van der Waals surface area contributed by atoms with Crippen LogP contribution in [0.1, 0.15) is 12.8 Å². The average Bonchev–Trinajstić information content (AvgIpc) is 1.95. The van der Waals surface area contributed by atoms with E-state index < -0.39 is 5.54 Å². The maximum absolute atomic E-state index is 10.9. The molecule has 4 nitrogen and oxygen atoms in total. The van der Waals surface area contributed by atoms with Gasteiger partial charge in [0.15, 0.2) is 0 Å². The summed E-state index contributed by atoms with van der Waals surface area (Å²) in [6.45, 7) is 1.72. The Kier molecular flexibility index (Phi) is 2.15. The number of nitrogens with two attached hydrogens (primary N) is 2. The van der Waals surface area contributed by atoms with Crippen molar-refractivity contribution in [3.8, 4) is 0 Å². The van der Waals surface area contributed by atoms with E-state index in [0.717, 1.165) is 13.1 Å². The van der Waals surface area contributed by atoms with E-state index in [0.29, 0.717) is 12.8 Å². The number of nitrogens with zero attached hydrogens (tertiary/aromatic N) is 1. The van der Waals surface area contributed by atoms with Gasteiger partial charge in [0.1, 0.15) is 0 Å². The van der Waals surface area contributed by atoms with Crippen LogP contribution in [0, 0.1) is 0 Å². The zero-order valence-corrected chi connectivity index (χ0v) is 6.84. The van der Waals surface area contributed by atoms with Crippen LogP contribution < -0.4 is 11.5 Å². The van der Waals surface area contributed by atoms with Gasteiger partial charge in [-0.05, 0) is 19.9 Å². The smallest absolute Gasteiger partial charge is 0.237 e. The van der Waals surface area contributed by atoms with Crippen molar-refractivity contribution in [2.45, 2.75) is 18.4 Å². The van der Waals surface area contributed by atoms with Crippen LogP contribution in [0.2, 0.25) is 0 Å². The minimum absolute atomic E-state index is 0.370. The van der Waals surface area contributed by atoms with Gasteiger partial charge in [-0.3, -0.25) is 4.79 Å². The van der Waals surface area contributed by atoms with Crippen molar-refractivity contribution in [3.63, 3.8) is 0 Å². The van der Waals surface area contributed by atoms with E-state index >= 15 is 0 Å². The Morgan fingerprint density at radius 2 is 1.91 bits per heavy atom. The molecule has 0 saturated carbocycles. The molecular weight excluding hydrogens is 142 g/mol. The number of likely N-dealkylation sites (tertiary alicyclic amines) is 1. The fourth-order valence-electron chi connectivity index (χ4n) is 1.26. The zero-order valence-electron chi connectivity index (χ0n) is 6.84. The molecule has 64 valence electrons. The summed E-state index contributed by atoms with van der Waals surface area (Å²) < 4.78 is 0. The van der Waals surface area contributed by atoms with E-state index in [2.05, 4.69) is 4.90 Å². The van der Waals surface area contributed by atoms with Gasteiger partial charge < -0.3 is 16.4 Å². The average molecular weight is 157 g/mol. The van der Waals surface area contributed by atoms with Crippen LogP contribution in [0.25, 0.3) is 0 Å². The standard InChI is InChI=1S/C7H15N3O/c1-10-4-2-7(9,3-5-10)6(8)11/h2-5,9H2,1H3,(H2,8,11). The molecule has 1 heterocycles. The minimum Gasteiger partial charge on any atom is -0.368 e. The first-order valence-corrected chi connectivity index (χ1v) is 3.82. The Morgan fingerprint density at radius 1 is 1.45 bits per heavy atom. The Labute approximate surface area is 66.5 Å². The van der Waals surface area contributed by atoms with Gasteiger partial charge in [-0.15, -0.1) is 0 Å². The molecule has 0 aromatic rings. The lowest BCUT2D eigenvalue weighted by molar-refractivity contribution is -0.124. The zero-order chi connectivity index (χ0) is 8.48. The predicted molar refractivity (Wildman–Crippen MR) is 42.8 cm³/mol. The number of hydrogen-bond acceptors (Lipinski definition) is 3. The van der Waals surface area contributed by atoms with Crippen molar-refractivity contribution in [2.24, 2.45) is 11.5 Å². The first kappa shape index (κ1) is 8.49. The van der Waals surface area contributed by atoms with Crippen LogP contribution >= 0.6 is 0 Å². The summed E-state index contributed by atoms with van der Waals surface area (Å²) >= 11 is 0. The Morgan fingerprint density at radius 3 is 2.27 bits per heavy atom. The number of hydrogen-bond donors (Lipinski definition) is 2. The number of piperidine rings is 1. The fraction of sp³-hybridized carbons (Fsp3) is 0.857. The number of carbonyl (C=O) groups is 1. The number of carbonyl (C=O) groups excluding carboxylic acids is 1. The summed E-state index contributed by atoms with van der Waals surface area (Å²) in [5.41, 5.74) is 10.2. The van der Waals surface area contributed by atoms with E-state index in [4.69, 9.17) is 11.5 Å². The lowest BCUT2D eigenvalue weighted by Gasteiger charge is -2.34. The Hall–Kier alpha value is -0.610. The summed E-state index contributed by atoms with van der Waals surface area (Å²) in [5, 5.41) is 0. The van der Waals surface area contributed by atoms with Crippen LogP contribution in [0.15, 0.2) is 0 Å². The molecule has 4 heteroatoms. The largest absolute Gasteiger partial charge is 0.368 e. The van der Waals surface area contributed by atoms with Crippen LogP contribution in [0.3, 0.4) is 0 Å². The number of amides is 1. The maximum Gasteiger partial charge on any atom is 0.237 e. The van der Waals surface area contributed by atoms with Gasteiger partial charge >= 0.3 is 0 Å². The Bertz CT molecular complexity index is 161. The SMILES string of the molecule is CN1CCC(N)(C(N)=O)CC1. The molecule has 1 amide bonds. The highest BCUT2D eigenvalue weighted by molar-refractivity contribution is 5.84. The highest BCUT2D eigenvalue weighted by Crippen LogP contribution is 2.17. The van der Waals surface area contributed by atoms with Crippen LogP contribution in [-0.2, 0) is 4.79 Å². The van der Waals surface area contributed by atoms with Crippen LogP contribution in [0.5, 0.6) is 0 Å². The third-order valence-electron chi connectivity index (χ3n) is 2.37. The molecule has 0 atom stereocenters. The van der Waals surface area contributed by atoms with Crippen molar-refractivity contribution in [1.29, 1.82) is 0 Å². The van der Waals surface area contributed by atoms with Gasteiger partial charge in [-0.1, -0.05) is 0 Å². The van der Waals surface area contributed by atoms with Gasteiger partial charge in [0.05, 0.1) is 5.54 Å². The van der Waals surface area contributed by atoms with Gasteiger partial charge in [0, 0.05) is 13.1 Å². The lowest BCUT2D eigenvalue weighted by Crippen LogP contribution is -2.57. The van der Waals surface area contributed by atoms with Crippen molar-refractivity contribution < 1.29 is 4.79 Å². The molecule has 11 heavy (non-hydrogen) atoms. The van der Waals surface area contributed by atoms with Gasteiger partial charge in [-0.25, -0.2) is 0 Å².